The minimum atomic E-state index is -0.0487. The van der Waals surface area contributed by atoms with Crippen molar-refractivity contribution in [2.45, 2.75) is 65.2 Å². The molecular formula is C43H61ClN10O6. The third kappa shape index (κ3) is 15.6. The van der Waals surface area contributed by atoms with Crippen molar-refractivity contribution in [3.05, 3.63) is 60.7 Å². The van der Waals surface area contributed by atoms with Gasteiger partial charge in [-0.1, -0.05) is 0 Å². The molecule has 0 unspecified atom stereocenters. The first-order valence-electron chi connectivity index (χ1n) is 20.7. The summed E-state index contributed by atoms with van der Waals surface area (Å²) in [6.07, 6.45) is 6.49. The molecule has 0 saturated carbocycles. The minimum absolute atomic E-state index is 0. The Morgan fingerprint density at radius 3 is 1.48 bits per heavy atom. The molecule has 2 aromatic heterocycles. The number of unbranched alkanes of at least 4 members (excludes halogenated alkanes) is 2. The zero-order valence-corrected chi connectivity index (χ0v) is 35.9. The van der Waals surface area contributed by atoms with E-state index in [1.165, 1.54) is 0 Å². The third-order valence-electron chi connectivity index (χ3n) is 10.6. The Hall–Kier alpha value is -5.45. The van der Waals surface area contributed by atoms with Crippen molar-refractivity contribution < 1.29 is 29.0 Å². The quantitative estimate of drug-likeness (QED) is 0.0940. The van der Waals surface area contributed by atoms with Gasteiger partial charge in [0.1, 0.15) is 11.5 Å². The number of methoxy groups -OCH3 is 1. The van der Waals surface area contributed by atoms with Crippen molar-refractivity contribution in [3.8, 4) is 34.0 Å². The van der Waals surface area contributed by atoms with Gasteiger partial charge in [0.25, 0.3) is 0 Å². The van der Waals surface area contributed by atoms with Crippen LogP contribution in [0.2, 0.25) is 0 Å². The lowest BCUT2D eigenvalue weighted by molar-refractivity contribution is -0.129. The van der Waals surface area contributed by atoms with Crippen molar-refractivity contribution in [1.29, 1.82) is 0 Å². The molecule has 4 aromatic rings. The Labute approximate surface area is 358 Å². The van der Waals surface area contributed by atoms with E-state index in [-0.39, 0.29) is 41.8 Å². The second-order valence-corrected chi connectivity index (χ2v) is 15.0. The van der Waals surface area contributed by atoms with Gasteiger partial charge in [-0.05, 0) is 124 Å². The largest absolute Gasteiger partial charge is 0.508 e. The van der Waals surface area contributed by atoms with Gasteiger partial charge in [0.2, 0.25) is 23.6 Å². The van der Waals surface area contributed by atoms with Crippen molar-refractivity contribution in [2.75, 3.05) is 83.2 Å². The molecule has 4 heterocycles. The summed E-state index contributed by atoms with van der Waals surface area (Å²) in [5.41, 5.74) is 3.48. The molecule has 0 radical (unpaired) electrons. The van der Waals surface area contributed by atoms with Crippen LogP contribution in [-0.2, 0) is 19.2 Å². The lowest BCUT2D eigenvalue weighted by Crippen LogP contribution is -2.34. The van der Waals surface area contributed by atoms with Gasteiger partial charge in [0, 0.05) is 78.1 Å². The number of amides is 4. The molecular weight excluding hydrogens is 788 g/mol. The lowest BCUT2D eigenvalue weighted by atomic mass is 10.1. The van der Waals surface area contributed by atoms with Crippen LogP contribution in [0.15, 0.2) is 60.7 Å². The third-order valence-corrected chi connectivity index (χ3v) is 10.6. The molecule has 17 heteroatoms. The smallest absolute Gasteiger partial charge is 0.225 e. The molecule has 60 heavy (non-hydrogen) atoms. The fourth-order valence-electron chi connectivity index (χ4n) is 7.15. The molecule has 6 rings (SSSR count). The van der Waals surface area contributed by atoms with E-state index >= 15 is 0 Å². The highest BCUT2D eigenvalue weighted by Crippen LogP contribution is 2.24. The van der Waals surface area contributed by atoms with E-state index in [9.17, 15) is 24.3 Å². The molecule has 0 spiro atoms. The number of nitrogens with zero attached hydrogens (tertiary/aromatic N) is 6. The second-order valence-electron chi connectivity index (χ2n) is 15.0. The van der Waals surface area contributed by atoms with Gasteiger partial charge in [-0.25, -0.2) is 0 Å². The summed E-state index contributed by atoms with van der Waals surface area (Å²) >= 11 is 0. The molecule has 4 amide bonds. The summed E-state index contributed by atoms with van der Waals surface area (Å²) < 4.78 is 5.17. The topological polar surface area (TPSA) is 192 Å². The number of carbonyl (C=O) groups excluding carboxylic acids is 4. The Morgan fingerprint density at radius 1 is 0.633 bits per heavy atom. The zero-order chi connectivity index (χ0) is 42.0. The molecule has 0 bridgehead atoms. The molecule has 2 aromatic carbocycles. The first-order valence-corrected chi connectivity index (χ1v) is 20.7. The summed E-state index contributed by atoms with van der Waals surface area (Å²) in [6.45, 7) is 12.3. The number of hydrogen-bond donors (Lipinski definition) is 5. The van der Waals surface area contributed by atoms with Crippen molar-refractivity contribution in [1.82, 2.24) is 40.0 Å². The number of anilines is 2. The lowest BCUT2D eigenvalue weighted by Gasteiger charge is -2.20. The van der Waals surface area contributed by atoms with Crippen LogP contribution in [0, 0.1) is 0 Å². The normalized spacial score (nSPS) is 14.8. The highest BCUT2D eigenvalue weighted by atomic mass is 35.5. The molecule has 2 fully saturated rings. The van der Waals surface area contributed by atoms with Gasteiger partial charge in [-0.3, -0.25) is 29.4 Å². The number of halogens is 1. The average Bonchev–Trinajstić information content (AvgIpc) is 3.73. The number of H-pyrrole nitrogens is 2. The maximum absolute atomic E-state index is 12.2. The average molecular weight is 849 g/mol. The molecule has 5 N–H and O–H groups in total. The number of aromatic amines is 2. The molecule has 2 aliphatic heterocycles. The van der Waals surface area contributed by atoms with Gasteiger partial charge < -0.3 is 40.1 Å². The Morgan fingerprint density at radius 2 is 1.07 bits per heavy atom. The van der Waals surface area contributed by atoms with E-state index in [0.717, 1.165) is 132 Å². The van der Waals surface area contributed by atoms with Crippen LogP contribution < -0.4 is 15.4 Å². The van der Waals surface area contributed by atoms with E-state index in [1.807, 2.05) is 40.1 Å². The second kappa shape index (κ2) is 24.6. The Balaban J connectivity index is 0.000000260. The predicted molar refractivity (Wildman–Crippen MR) is 235 cm³/mol. The number of aromatic hydroxyl groups is 1. The first-order chi connectivity index (χ1) is 28.6. The van der Waals surface area contributed by atoms with Crippen molar-refractivity contribution >= 4 is 47.7 Å². The van der Waals surface area contributed by atoms with Gasteiger partial charge in [-0.2, -0.15) is 10.2 Å². The van der Waals surface area contributed by atoms with Crippen LogP contribution in [0.1, 0.15) is 65.2 Å². The summed E-state index contributed by atoms with van der Waals surface area (Å²) in [7, 11) is 1.63. The molecule has 2 aliphatic rings. The van der Waals surface area contributed by atoms with Crippen LogP contribution in [-0.4, -0.2) is 141 Å². The number of ether oxygens (including phenoxy) is 1. The van der Waals surface area contributed by atoms with Crippen LogP contribution in [0.5, 0.6) is 11.5 Å². The number of phenols is 1. The highest BCUT2D eigenvalue weighted by molar-refractivity contribution is 5.91. The number of rotatable bonds is 15. The molecule has 16 nitrogen and oxygen atoms in total. The summed E-state index contributed by atoms with van der Waals surface area (Å²) in [6, 6.07) is 18.0. The van der Waals surface area contributed by atoms with Crippen LogP contribution >= 0.6 is 12.4 Å². The Kier molecular flexibility index (Phi) is 19.4. The van der Waals surface area contributed by atoms with Crippen LogP contribution in [0.4, 0.5) is 11.6 Å². The standard InChI is InChI=1S/C22H31N5O3.C21H29N5O3.ClH/c1-17(28)27-13-5-12-26(14-15-27)11-4-3-6-22(29)23-21-16-20(24-25-21)18-7-9-19(30-2)10-8-18;1-16(27)26-12-4-11-25(13-14-26)10-3-2-5-21(29)22-20-15-19(23-24-20)17-6-8-18(28)9-7-17;/h7-10,16H,3-6,11-15H2,1-2H3,(H2,23,24,25,29);6-9,15,28H,2-5,10-14H2,1H3,(H2,22,23,24,29);1H. The SMILES string of the molecule is CC(=O)N1CCCN(CCCCC(=O)Nc2cc(-c3ccc(O)cc3)[nH]n2)CC1.COc1ccc(-c2cc(NC(=O)CCCCN3CCCN(C(C)=O)CC3)n[nH]2)cc1.Cl. The summed E-state index contributed by atoms with van der Waals surface area (Å²) in [5, 5.41) is 29.2. The number of benzene rings is 2. The van der Waals surface area contributed by atoms with Gasteiger partial charge >= 0.3 is 0 Å². The van der Waals surface area contributed by atoms with Crippen molar-refractivity contribution in [2.24, 2.45) is 0 Å². The molecule has 0 atom stereocenters. The van der Waals surface area contributed by atoms with Crippen LogP contribution in [0.3, 0.4) is 0 Å². The van der Waals surface area contributed by atoms with Gasteiger partial charge in [0.05, 0.1) is 18.5 Å². The number of carbonyl (C=O) groups is 4. The number of phenolic OH excluding ortho intramolecular Hbond substituents is 1. The summed E-state index contributed by atoms with van der Waals surface area (Å²) in [5.74, 6) is 2.25. The number of hydrogen-bond acceptors (Lipinski definition) is 10. The monoisotopic (exact) mass is 848 g/mol. The molecule has 326 valence electrons. The van der Waals surface area contributed by atoms with Gasteiger partial charge in [0.15, 0.2) is 11.6 Å². The maximum atomic E-state index is 12.2. The van der Waals surface area contributed by atoms with E-state index < -0.39 is 0 Å². The molecule has 2 saturated heterocycles. The van der Waals surface area contributed by atoms with Gasteiger partial charge in [-0.15, -0.1) is 12.4 Å². The summed E-state index contributed by atoms with van der Waals surface area (Å²) in [4.78, 5) is 56.0. The number of nitrogens with one attached hydrogen (secondary N) is 4. The van der Waals surface area contributed by atoms with E-state index in [4.69, 9.17) is 4.74 Å². The van der Waals surface area contributed by atoms with Crippen molar-refractivity contribution in [3.63, 3.8) is 0 Å². The first kappa shape index (κ1) is 47.2. The predicted octanol–water partition coefficient (Wildman–Crippen LogP) is 5.62. The molecule has 0 aliphatic carbocycles. The van der Waals surface area contributed by atoms with Crippen LogP contribution in [0.25, 0.3) is 22.5 Å². The zero-order valence-electron chi connectivity index (χ0n) is 35.1. The fraction of sp³-hybridized carbons (Fsp3) is 0.488. The fourth-order valence-corrected chi connectivity index (χ4v) is 7.15. The van der Waals surface area contributed by atoms with E-state index in [0.29, 0.717) is 24.5 Å². The highest BCUT2D eigenvalue weighted by Gasteiger charge is 2.18. The Bertz CT molecular complexity index is 1940. The van der Waals surface area contributed by atoms with E-state index in [2.05, 4.69) is 40.8 Å². The minimum Gasteiger partial charge on any atom is -0.508 e. The van der Waals surface area contributed by atoms with E-state index in [1.54, 1.807) is 51.3 Å². The number of aromatic nitrogens is 4. The maximum Gasteiger partial charge on any atom is 0.225 e.